The molecule has 24 heavy (non-hydrogen) atoms. The smallest absolute Gasteiger partial charge is 0.405 e. The molecule has 0 aromatic carbocycles. The van der Waals surface area contributed by atoms with E-state index in [1.807, 2.05) is 5.32 Å². The Bertz CT molecular complexity index is 623. The van der Waals surface area contributed by atoms with Crippen molar-refractivity contribution in [3.63, 3.8) is 0 Å². The highest BCUT2D eigenvalue weighted by atomic mass is 35.5. The van der Waals surface area contributed by atoms with Gasteiger partial charge in [-0.25, -0.2) is 9.78 Å². The Labute approximate surface area is 144 Å². The fourth-order valence-corrected chi connectivity index (χ4v) is 3.58. The third-order valence-electron chi connectivity index (χ3n) is 3.47. The second-order valence-electron chi connectivity index (χ2n) is 5.23. The van der Waals surface area contributed by atoms with Crippen LogP contribution in [0.4, 0.5) is 18.3 Å². The van der Waals surface area contributed by atoms with Gasteiger partial charge in [-0.15, -0.1) is 0 Å². The van der Waals surface area contributed by atoms with Gasteiger partial charge in [0.2, 0.25) is 5.91 Å². The van der Waals surface area contributed by atoms with Crippen LogP contribution < -0.4 is 10.2 Å². The molecule has 2 rings (SSSR count). The normalized spacial score (nSPS) is 18.4. The van der Waals surface area contributed by atoms with Gasteiger partial charge in [-0.1, -0.05) is 22.9 Å². The summed E-state index contributed by atoms with van der Waals surface area (Å²) in [5.74, 6) is -1.83. The zero-order chi connectivity index (χ0) is 17.9. The number of hydrogen-bond donors (Lipinski definition) is 1. The largest absolute Gasteiger partial charge is 0.465 e. The van der Waals surface area contributed by atoms with Crippen LogP contribution in [0.1, 0.15) is 22.5 Å². The molecule has 0 saturated carbocycles. The van der Waals surface area contributed by atoms with Gasteiger partial charge >= 0.3 is 12.1 Å². The van der Waals surface area contributed by atoms with E-state index in [-0.39, 0.29) is 16.6 Å². The van der Waals surface area contributed by atoms with Gasteiger partial charge in [0.05, 0.1) is 13.0 Å². The summed E-state index contributed by atoms with van der Waals surface area (Å²) in [7, 11) is 1.22. The SMILES string of the molecule is COC(=O)c1sc(N2CCCC(C(=O)NCC(F)(F)F)C2)nc1Cl. The van der Waals surface area contributed by atoms with Gasteiger partial charge in [-0.2, -0.15) is 13.2 Å². The molecular weight excluding hydrogens is 371 g/mol. The van der Waals surface area contributed by atoms with Gasteiger partial charge in [0.15, 0.2) is 15.2 Å². The molecule has 2 heterocycles. The maximum Gasteiger partial charge on any atom is 0.405 e. The first-order valence-corrected chi connectivity index (χ1v) is 8.24. The molecule has 1 fully saturated rings. The highest BCUT2D eigenvalue weighted by Gasteiger charge is 2.32. The molecule has 1 aromatic heterocycles. The van der Waals surface area contributed by atoms with E-state index >= 15 is 0 Å². The molecule has 0 bridgehead atoms. The second-order valence-corrected chi connectivity index (χ2v) is 6.56. The number of hydrogen-bond acceptors (Lipinski definition) is 6. The lowest BCUT2D eigenvalue weighted by atomic mass is 9.97. The van der Waals surface area contributed by atoms with Gasteiger partial charge in [0, 0.05) is 13.1 Å². The Morgan fingerprint density at radius 2 is 2.21 bits per heavy atom. The lowest BCUT2D eigenvalue weighted by Crippen LogP contribution is -2.45. The van der Waals surface area contributed by atoms with E-state index in [4.69, 9.17) is 11.6 Å². The number of halogens is 4. The minimum absolute atomic E-state index is 0.00509. The minimum atomic E-state index is -4.44. The number of carbonyl (C=O) groups excluding carboxylic acids is 2. The summed E-state index contributed by atoms with van der Waals surface area (Å²) in [5.41, 5.74) is 0. The molecule has 11 heteroatoms. The molecular formula is C13H15ClF3N3O3S. The minimum Gasteiger partial charge on any atom is -0.465 e. The van der Waals surface area contributed by atoms with E-state index in [0.717, 1.165) is 11.3 Å². The average molecular weight is 386 g/mol. The van der Waals surface area contributed by atoms with Crippen molar-refractivity contribution in [2.75, 3.05) is 31.6 Å². The van der Waals surface area contributed by atoms with E-state index < -0.39 is 30.5 Å². The third kappa shape index (κ3) is 4.73. The van der Waals surface area contributed by atoms with Gasteiger partial charge in [-0.3, -0.25) is 4.79 Å². The number of rotatable bonds is 4. The first kappa shape index (κ1) is 18.8. The molecule has 1 N–H and O–H groups in total. The summed E-state index contributed by atoms with van der Waals surface area (Å²) >= 11 is 6.93. The summed E-state index contributed by atoms with van der Waals surface area (Å²) in [6.07, 6.45) is -3.33. The number of nitrogens with zero attached hydrogens (tertiary/aromatic N) is 2. The number of piperidine rings is 1. The molecule has 1 aliphatic heterocycles. The first-order chi connectivity index (χ1) is 11.2. The molecule has 1 atom stereocenters. The Hall–Kier alpha value is -1.55. The van der Waals surface area contributed by atoms with Gasteiger partial charge in [0.1, 0.15) is 6.54 Å². The zero-order valence-electron chi connectivity index (χ0n) is 12.7. The Morgan fingerprint density at radius 1 is 1.50 bits per heavy atom. The lowest BCUT2D eigenvalue weighted by molar-refractivity contribution is -0.140. The number of amides is 1. The van der Waals surface area contributed by atoms with Crippen molar-refractivity contribution < 1.29 is 27.5 Å². The van der Waals surface area contributed by atoms with Crippen molar-refractivity contribution in [3.05, 3.63) is 10.0 Å². The molecule has 1 amide bonds. The van der Waals surface area contributed by atoms with E-state index in [2.05, 4.69) is 9.72 Å². The molecule has 6 nitrogen and oxygen atoms in total. The maximum atomic E-state index is 12.2. The van der Waals surface area contributed by atoms with Crippen LogP contribution in [0.15, 0.2) is 0 Å². The number of carbonyl (C=O) groups is 2. The van der Waals surface area contributed by atoms with Crippen molar-refractivity contribution in [2.45, 2.75) is 19.0 Å². The summed E-state index contributed by atoms with van der Waals surface area (Å²) in [4.78, 5) is 29.4. The van der Waals surface area contributed by atoms with E-state index in [1.54, 1.807) is 4.90 Å². The van der Waals surface area contributed by atoms with E-state index in [1.165, 1.54) is 7.11 Å². The van der Waals surface area contributed by atoms with Crippen LogP contribution in [0.25, 0.3) is 0 Å². The van der Waals surface area contributed by atoms with Gasteiger partial charge in [-0.05, 0) is 12.8 Å². The fourth-order valence-electron chi connectivity index (χ4n) is 2.34. The van der Waals surface area contributed by atoms with Crippen molar-refractivity contribution >= 4 is 39.9 Å². The summed E-state index contributed by atoms with van der Waals surface area (Å²) in [5, 5.41) is 2.34. The second kappa shape index (κ2) is 7.56. The van der Waals surface area contributed by atoms with Crippen LogP contribution in [-0.4, -0.2) is 49.8 Å². The van der Waals surface area contributed by atoms with Gasteiger partial charge < -0.3 is 15.0 Å². The van der Waals surface area contributed by atoms with Crippen LogP contribution in [0.2, 0.25) is 5.15 Å². The molecule has 1 saturated heterocycles. The molecule has 1 aliphatic rings. The monoisotopic (exact) mass is 385 g/mol. The summed E-state index contributed by atoms with van der Waals surface area (Å²) in [6.45, 7) is -0.556. The standard InChI is InChI=1S/C13H15ClF3N3O3S/c1-23-11(22)8-9(14)19-12(24-8)20-4-2-3-7(5-20)10(21)18-6-13(15,16)17/h7H,2-6H2,1H3,(H,18,21). The summed E-state index contributed by atoms with van der Waals surface area (Å²) < 4.78 is 41.2. The fraction of sp³-hybridized carbons (Fsp3) is 0.615. The Kier molecular flexibility index (Phi) is 5.92. The van der Waals surface area contributed by atoms with Crippen molar-refractivity contribution in [1.29, 1.82) is 0 Å². The Balaban J connectivity index is 2.03. The molecule has 1 unspecified atom stereocenters. The van der Waals surface area contributed by atoms with Crippen molar-refractivity contribution in [3.8, 4) is 0 Å². The van der Waals surface area contributed by atoms with Crippen LogP contribution in [0.5, 0.6) is 0 Å². The average Bonchev–Trinajstić information content (AvgIpc) is 2.93. The van der Waals surface area contributed by atoms with E-state index in [0.29, 0.717) is 24.5 Å². The quantitative estimate of drug-likeness (QED) is 0.806. The number of ether oxygens (including phenoxy) is 1. The number of esters is 1. The number of anilines is 1. The molecule has 134 valence electrons. The van der Waals surface area contributed by atoms with Gasteiger partial charge in [0.25, 0.3) is 0 Å². The van der Waals surface area contributed by atoms with Crippen molar-refractivity contribution in [1.82, 2.24) is 10.3 Å². The predicted octanol–water partition coefficient (Wildman–Crippen LogP) is 2.48. The molecule has 0 spiro atoms. The van der Waals surface area contributed by atoms with Crippen LogP contribution in [0.3, 0.4) is 0 Å². The van der Waals surface area contributed by atoms with Crippen LogP contribution in [-0.2, 0) is 9.53 Å². The third-order valence-corrected chi connectivity index (χ3v) is 4.95. The highest BCUT2D eigenvalue weighted by Crippen LogP contribution is 2.32. The molecule has 0 radical (unpaired) electrons. The number of thiazole rings is 1. The number of alkyl halides is 3. The van der Waals surface area contributed by atoms with E-state index in [9.17, 15) is 22.8 Å². The molecule has 1 aromatic rings. The molecule has 0 aliphatic carbocycles. The van der Waals surface area contributed by atoms with Crippen molar-refractivity contribution in [2.24, 2.45) is 5.92 Å². The maximum absolute atomic E-state index is 12.2. The highest BCUT2D eigenvalue weighted by molar-refractivity contribution is 7.18. The topological polar surface area (TPSA) is 71.5 Å². The predicted molar refractivity (Wildman–Crippen MR) is 82.5 cm³/mol. The van der Waals surface area contributed by atoms with Crippen LogP contribution in [0, 0.1) is 5.92 Å². The lowest BCUT2D eigenvalue weighted by Gasteiger charge is -2.31. The number of aromatic nitrogens is 1. The first-order valence-electron chi connectivity index (χ1n) is 7.05. The van der Waals surface area contributed by atoms with Crippen LogP contribution >= 0.6 is 22.9 Å². The number of nitrogens with one attached hydrogen (secondary N) is 1. The summed E-state index contributed by atoms with van der Waals surface area (Å²) in [6, 6.07) is 0. The zero-order valence-corrected chi connectivity index (χ0v) is 14.2. The number of methoxy groups -OCH3 is 1. The Morgan fingerprint density at radius 3 is 2.83 bits per heavy atom.